The summed E-state index contributed by atoms with van der Waals surface area (Å²) in [7, 11) is 0. The lowest BCUT2D eigenvalue weighted by atomic mass is 9.96. The van der Waals surface area contributed by atoms with Crippen molar-refractivity contribution in [3.05, 3.63) is 77.0 Å². The van der Waals surface area contributed by atoms with Gasteiger partial charge in [0.15, 0.2) is 0 Å². The fraction of sp³-hybridized carbons (Fsp3) is 0.261. The molecular weight excluding hydrogens is 437 g/mol. The SMILES string of the molecule is C=C/C=C\C(=C/C)c1c(C#N)sc2cc(CN(N)/C=C(\N)C(O)(CC)C(F)(F)F)ccc12. The Morgan fingerprint density at radius 2 is 2.06 bits per heavy atom. The number of nitriles is 1. The van der Waals surface area contributed by atoms with Crippen LogP contribution in [-0.2, 0) is 6.54 Å². The molecule has 0 radical (unpaired) electrons. The van der Waals surface area contributed by atoms with E-state index in [-0.39, 0.29) is 6.54 Å². The molecule has 5 nitrogen and oxygen atoms in total. The van der Waals surface area contributed by atoms with Gasteiger partial charge in [0.2, 0.25) is 5.60 Å². The molecule has 1 aromatic heterocycles. The highest BCUT2D eigenvalue weighted by Gasteiger charge is 2.54. The van der Waals surface area contributed by atoms with Gasteiger partial charge in [-0.15, -0.1) is 11.3 Å². The van der Waals surface area contributed by atoms with Crippen LogP contribution in [0.2, 0.25) is 0 Å². The van der Waals surface area contributed by atoms with E-state index >= 15 is 0 Å². The minimum absolute atomic E-state index is 0.0518. The molecule has 0 saturated heterocycles. The third kappa shape index (κ3) is 5.05. The molecule has 0 aliphatic heterocycles. The summed E-state index contributed by atoms with van der Waals surface area (Å²) in [6.45, 7) is 6.78. The average molecular weight is 463 g/mol. The van der Waals surface area contributed by atoms with Gasteiger partial charge in [-0.25, -0.2) is 5.84 Å². The highest BCUT2D eigenvalue weighted by Crippen LogP contribution is 2.38. The van der Waals surface area contributed by atoms with Crippen LogP contribution < -0.4 is 11.6 Å². The number of alkyl halides is 3. The van der Waals surface area contributed by atoms with E-state index in [0.717, 1.165) is 32.4 Å². The van der Waals surface area contributed by atoms with Gasteiger partial charge in [0.1, 0.15) is 10.9 Å². The Morgan fingerprint density at radius 3 is 2.59 bits per heavy atom. The molecule has 1 unspecified atom stereocenters. The fourth-order valence-corrected chi connectivity index (χ4v) is 4.30. The Hall–Kier alpha value is -3.06. The number of hydrogen-bond donors (Lipinski definition) is 3. The van der Waals surface area contributed by atoms with Crippen molar-refractivity contribution in [2.24, 2.45) is 11.6 Å². The highest BCUT2D eigenvalue weighted by atomic mass is 32.1. The van der Waals surface area contributed by atoms with E-state index in [4.69, 9.17) is 11.6 Å². The zero-order chi connectivity index (χ0) is 24.1. The van der Waals surface area contributed by atoms with Crippen molar-refractivity contribution >= 4 is 27.0 Å². The molecule has 0 aliphatic carbocycles. The first-order valence-electron chi connectivity index (χ1n) is 9.71. The molecule has 2 rings (SSSR count). The van der Waals surface area contributed by atoms with E-state index in [9.17, 15) is 23.5 Å². The second-order valence-corrected chi connectivity index (χ2v) is 8.11. The van der Waals surface area contributed by atoms with Crippen molar-refractivity contribution in [1.82, 2.24) is 5.01 Å². The number of hydrazine groups is 1. The normalized spacial score (nSPS) is 15.1. The number of nitrogens with two attached hydrogens (primary N) is 2. The van der Waals surface area contributed by atoms with Crippen LogP contribution in [0.5, 0.6) is 0 Å². The topological polar surface area (TPSA) is 99.3 Å². The van der Waals surface area contributed by atoms with Crippen molar-refractivity contribution in [2.75, 3.05) is 0 Å². The molecule has 0 bridgehead atoms. The Morgan fingerprint density at radius 1 is 1.38 bits per heavy atom. The van der Waals surface area contributed by atoms with Gasteiger partial charge in [0.25, 0.3) is 0 Å². The van der Waals surface area contributed by atoms with Crippen molar-refractivity contribution < 1.29 is 18.3 Å². The quantitative estimate of drug-likeness (QED) is 0.288. The summed E-state index contributed by atoms with van der Waals surface area (Å²) in [6.07, 6.45) is 2.54. The molecule has 1 heterocycles. The monoisotopic (exact) mass is 462 g/mol. The lowest BCUT2D eigenvalue weighted by molar-refractivity contribution is -0.245. The second kappa shape index (κ2) is 10.0. The molecule has 170 valence electrons. The number of hydrogen-bond acceptors (Lipinski definition) is 6. The number of halogens is 3. The third-order valence-electron chi connectivity index (χ3n) is 5.00. The second-order valence-electron chi connectivity index (χ2n) is 7.06. The maximum absolute atomic E-state index is 13.2. The predicted octanol–water partition coefficient (Wildman–Crippen LogP) is 5.10. The zero-order valence-corrected chi connectivity index (χ0v) is 18.6. The largest absolute Gasteiger partial charge is 0.422 e. The van der Waals surface area contributed by atoms with Gasteiger partial charge in [-0.2, -0.15) is 18.4 Å². The minimum atomic E-state index is -4.92. The molecule has 0 amide bonds. The van der Waals surface area contributed by atoms with Crippen LogP contribution in [0.3, 0.4) is 0 Å². The lowest BCUT2D eigenvalue weighted by Crippen LogP contribution is -2.49. The van der Waals surface area contributed by atoms with Gasteiger partial charge in [-0.1, -0.05) is 49.9 Å². The number of rotatable bonds is 8. The van der Waals surface area contributed by atoms with Crippen LogP contribution in [0.1, 0.15) is 36.3 Å². The molecular formula is C23H25F3N4OS. The fourth-order valence-electron chi connectivity index (χ4n) is 3.21. The average Bonchev–Trinajstić information content (AvgIpc) is 3.10. The highest BCUT2D eigenvalue weighted by molar-refractivity contribution is 7.19. The molecule has 9 heteroatoms. The van der Waals surface area contributed by atoms with E-state index in [0.29, 0.717) is 10.4 Å². The molecule has 0 aliphatic rings. The number of benzene rings is 1. The number of nitrogens with zero attached hydrogens (tertiary/aromatic N) is 2. The van der Waals surface area contributed by atoms with E-state index in [2.05, 4.69) is 12.6 Å². The standard InChI is InChI=1S/C23H25F3N4OS/c1-4-7-8-16(5-2)21-17-10-9-15(11-18(17)32-19(21)12-27)13-30(29)14-20(28)22(31,6-3)23(24,25)26/h4-5,7-11,14,31H,1,6,13,28-29H2,2-3H3/b8-7-,16-5+,20-14-. The van der Waals surface area contributed by atoms with Gasteiger partial charge in [0, 0.05) is 21.8 Å². The first-order valence-corrected chi connectivity index (χ1v) is 10.5. The summed E-state index contributed by atoms with van der Waals surface area (Å²) in [5, 5.41) is 21.4. The number of thiophene rings is 1. The smallest absolute Gasteiger partial charge is 0.398 e. The van der Waals surface area contributed by atoms with E-state index in [1.165, 1.54) is 18.3 Å². The van der Waals surface area contributed by atoms with Crippen molar-refractivity contribution in [1.29, 1.82) is 5.26 Å². The predicted molar refractivity (Wildman–Crippen MR) is 123 cm³/mol. The number of aliphatic hydroxyl groups is 1. The Labute approximate surface area is 189 Å². The van der Waals surface area contributed by atoms with Gasteiger partial charge >= 0.3 is 6.18 Å². The van der Waals surface area contributed by atoms with Crippen molar-refractivity contribution in [2.45, 2.75) is 38.6 Å². The Kier molecular flexibility index (Phi) is 7.91. The van der Waals surface area contributed by atoms with Gasteiger partial charge < -0.3 is 15.8 Å². The van der Waals surface area contributed by atoms with Crippen LogP contribution >= 0.6 is 11.3 Å². The summed E-state index contributed by atoms with van der Waals surface area (Å²) in [4.78, 5) is 0.547. The van der Waals surface area contributed by atoms with Crippen LogP contribution in [0.4, 0.5) is 13.2 Å². The summed E-state index contributed by atoms with van der Waals surface area (Å²) in [5.74, 6) is 5.85. The van der Waals surface area contributed by atoms with E-state index in [1.807, 2.05) is 31.2 Å². The van der Waals surface area contributed by atoms with Gasteiger partial charge in [-0.3, -0.25) is 0 Å². The van der Waals surface area contributed by atoms with E-state index < -0.39 is 23.9 Å². The maximum Gasteiger partial charge on any atom is 0.422 e. The first-order chi connectivity index (χ1) is 15.0. The lowest BCUT2D eigenvalue weighted by Gasteiger charge is -2.30. The molecule has 1 atom stereocenters. The van der Waals surface area contributed by atoms with Gasteiger partial charge in [-0.05, 0) is 30.5 Å². The van der Waals surface area contributed by atoms with Crippen molar-refractivity contribution in [3.8, 4) is 6.07 Å². The molecule has 2 aromatic rings. The molecule has 32 heavy (non-hydrogen) atoms. The molecule has 1 aromatic carbocycles. The van der Waals surface area contributed by atoms with Crippen LogP contribution in [0.15, 0.2) is 61.0 Å². The van der Waals surface area contributed by atoms with Crippen LogP contribution in [-0.4, -0.2) is 21.9 Å². The Balaban J connectivity index is 2.39. The molecule has 0 saturated carbocycles. The van der Waals surface area contributed by atoms with Crippen molar-refractivity contribution in [3.63, 3.8) is 0 Å². The first kappa shape index (κ1) is 25.2. The van der Waals surface area contributed by atoms with E-state index in [1.54, 1.807) is 18.2 Å². The summed E-state index contributed by atoms with van der Waals surface area (Å²) < 4.78 is 40.4. The zero-order valence-electron chi connectivity index (χ0n) is 17.8. The number of allylic oxidation sites excluding steroid dienone is 5. The maximum atomic E-state index is 13.2. The van der Waals surface area contributed by atoms with Gasteiger partial charge in [0.05, 0.1) is 12.2 Å². The third-order valence-corrected chi connectivity index (χ3v) is 6.05. The minimum Gasteiger partial charge on any atom is -0.398 e. The molecule has 0 spiro atoms. The molecule has 5 N–H and O–H groups in total. The summed E-state index contributed by atoms with van der Waals surface area (Å²) >= 11 is 1.32. The Bertz CT molecular complexity index is 1120. The number of fused-ring (bicyclic) bond motifs is 1. The summed E-state index contributed by atoms with van der Waals surface area (Å²) in [5.41, 5.74) is 4.00. The van der Waals surface area contributed by atoms with Crippen LogP contribution in [0, 0.1) is 11.3 Å². The molecule has 0 fully saturated rings. The summed E-state index contributed by atoms with van der Waals surface area (Å²) in [6, 6.07) is 7.68. The van der Waals surface area contributed by atoms with Crippen LogP contribution in [0.25, 0.3) is 15.7 Å².